The maximum Gasteiger partial charge on any atom is 0.151 e. The number of carbonyl (C=O) groups is 1. The summed E-state index contributed by atoms with van der Waals surface area (Å²) in [5.74, 6) is 0. The molecule has 3 heteroatoms. The Hall–Kier alpha value is -1.22. The van der Waals surface area contributed by atoms with E-state index < -0.39 is 0 Å². The predicted octanol–water partition coefficient (Wildman–Crippen LogP) is 0.811. The lowest BCUT2D eigenvalue weighted by Crippen LogP contribution is -1.85. The van der Waals surface area contributed by atoms with Gasteiger partial charge in [0.15, 0.2) is 6.29 Å². The largest absolute Gasteiger partial charge is 0.400 e. The standard InChI is InChI=1S/C7H7NO.CH4O/c1-6-2-3-8-4-7(6)5-9;1-2/h2-5H,1H3;2H,1H3. The van der Waals surface area contributed by atoms with Crippen LogP contribution in [0, 0.1) is 6.92 Å². The van der Waals surface area contributed by atoms with Gasteiger partial charge in [0.1, 0.15) is 0 Å². The Labute approximate surface area is 65.7 Å². The van der Waals surface area contributed by atoms with E-state index in [0.29, 0.717) is 5.56 Å². The molecule has 0 aliphatic rings. The Kier molecular flexibility index (Phi) is 4.94. The molecule has 11 heavy (non-hydrogen) atoms. The van der Waals surface area contributed by atoms with Gasteiger partial charge in [-0.2, -0.15) is 0 Å². The molecule has 60 valence electrons. The van der Waals surface area contributed by atoms with Crippen LogP contribution in [0.2, 0.25) is 0 Å². The molecular weight excluding hydrogens is 142 g/mol. The van der Waals surface area contributed by atoms with Crippen LogP contribution in [-0.4, -0.2) is 23.5 Å². The average Bonchev–Trinajstić information content (AvgIpc) is 2.09. The van der Waals surface area contributed by atoms with Gasteiger partial charge in [-0.05, 0) is 18.6 Å². The first-order chi connectivity index (χ1) is 5.34. The van der Waals surface area contributed by atoms with Crippen molar-refractivity contribution in [2.45, 2.75) is 6.92 Å². The van der Waals surface area contributed by atoms with Gasteiger partial charge in [-0.3, -0.25) is 9.78 Å². The molecule has 1 heterocycles. The minimum Gasteiger partial charge on any atom is -0.400 e. The third-order valence-electron chi connectivity index (χ3n) is 1.21. The maximum atomic E-state index is 10.2. The number of rotatable bonds is 1. The average molecular weight is 153 g/mol. The second-order valence-corrected chi connectivity index (χ2v) is 1.85. The molecule has 0 amide bonds. The number of hydrogen-bond acceptors (Lipinski definition) is 3. The van der Waals surface area contributed by atoms with Crippen LogP contribution in [0.3, 0.4) is 0 Å². The summed E-state index contributed by atoms with van der Waals surface area (Å²) >= 11 is 0. The number of aliphatic hydroxyl groups excluding tert-OH is 1. The van der Waals surface area contributed by atoms with Crippen LogP contribution >= 0.6 is 0 Å². The van der Waals surface area contributed by atoms with Gasteiger partial charge < -0.3 is 5.11 Å². The van der Waals surface area contributed by atoms with Crippen molar-refractivity contribution in [1.82, 2.24) is 4.98 Å². The summed E-state index contributed by atoms with van der Waals surface area (Å²) in [6, 6.07) is 1.81. The zero-order valence-corrected chi connectivity index (χ0v) is 6.61. The van der Waals surface area contributed by atoms with Crippen LogP contribution in [0.5, 0.6) is 0 Å². The van der Waals surface area contributed by atoms with Gasteiger partial charge in [-0.25, -0.2) is 0 Å². The molecule has 0 fully saturated rings. The van der Waals surface area contributed by atoms with Gasteiger partial charge >= 0.3 is 0 Å². The van der Waals surface area contributed by atoms with Crippen LogP contribution in [0.25, 0.3) is 0 Å². The summed E-state index contributed by atoms with van der Waals surface area (Å²) in [5.41, 5.74) is 1.64. The fraction of sp³-hybridized carbons (Fsp3) is 0.250. The van der Waals surface area contributed by atoms with Crippen molar-refractivity contribution < 1.29 is 9.90 Å². The molecule has 1 aromatic rings. The number of aldehydes is 1. The summed E-state index contributed by atoms with van der Waals surface area (Å²) in [7, 11) is 1.00. The van der Waals surface area contributed by atoms with E-state index in [4.69, 9.17) is 5.11 Å². The van der Waals surface area contributed by atoms with E-state index in [0.717, 1.165) is 19.0 Å². The summed E-state index contributed by atoms with van der Waals surface area (Å²) in [6.07, 6.45) is 4.03. The quantitative estimate of drug-likeness (QED) is 0.607. The van der Waals surface area contributed by atoms with Gasteiger partial charge in [0.25, 0.3) is 0 Å². The van der Waals surface area contributed by atoms with E-state index in [9.17, 15) is 4.79 Å². The molecule has 0 aromatic carbocycles. The number of nitrogens with zero attached hydrogens (tertiary/aromatic N) is 1. The molecule has 0 radical (unpaired) electrons. The third kappa shape index (κ3) is 2.91. The lowest BCUT2D eigenvalue weighted by molar-refractivity contribution is 0.112. The number of hydrogen-bond donors (Lipinski definition) is 1. The number of carbonyl (C=O) groups excluding carboxylic acids is 1. The molecule has 0 saturated carbocycles. The Bertz CT molecular complexity index is 223. The lowest BCUT2D eigenvalue weighted by Gasteiger charge is -1.91. The number of aryl methyl sites for hydroxylation is 1. The highest BCUT2D eigenvalue weighted by Gasteiger charge is 1.91. The van der Waals surface area contributed by atoms with E-state index in [2.05, 4.69) is 4.98 Å². The van der Waals surface area contributed by atoms with E-state index in [-0.39, 0.29) is 0 Å². The van der Waals surface area contributed by atoms with Gasteiger partial charge in [0.2, 0.25) is 0 Å². The molecule has 0 spiro atoms. The summed E-state index contributed by atoms with van der Waals surface area (Å²) < 4.78 is 0. The molecule has 0 aliphatic carbocycles. The first-order valence-electron chi connectivity index (χ1n) is 3.15. The molecule has 0 bridgehead atoms. The van der Waals surface area contributed by atoms with E-state index in [1.807, 2.05) is 13.0 Å². The molecule has 0 unspecified atom stereocenters. The van der Waals surface area contributed by atoms with Gasteiger partial charge in [0.05, 0.1) is 0 Å². The van der Waals surface area contributed by atoms with Crippen LogP contribution in [0.15, 0.2) is 18.5 Å². The van der Waals surface area contributed by atoms with Gasteiger partial charge in [-0.1, -0.05) is 0 Å². The minimum atomic E-state index is 0.664. The van der Waals surface area contributed by atoms with Crippen LogP contribution < -0.4 is 0 Å². The number of aliphatic hydroxyl groups is 1. The second-order valence-electron chi connectivity index (χ2n) is 1.85. The van der Waals surface area contributed by atoms with Gasteiger partial charge in [0, 0.05) is 25.1 Å². The van der Waals surface area contributed by atoms with E-state index in [1.165, 1.54) is 0 Å². The Morgan fingerprint density at radius 1 is 1.55 bits per heavy atom. The van der Waals surface area contributed by atoms with Crippen molar-refractivity contribution >= 4 is 6.29 Å². The minimum absolute atomic E-state index is 0.664. The predicted molar refractivity (Wildman–Crippen MR) is 42.5 cm³/mol. The maximum absolute atomic E-state index is 10.2. The molecule has 1 N–H and O–H groups in total. The van der Waals surface area contributed by atoms with Crippen molar-refractivity contribution in [3.05, 3.63) is 29.6 Å². The molecule has 0 aliphatic heterocycles. The Morgan fingerprint density at radius 2 is 2.18 bits per heavy atom. The summed E-state index contributed by atoms with van der Waals surface area (Å²) in [4.78, 5) is 14.0. The monoisotopic (exact) mass is 153 g/mol. The molecule has 1 aromatic heterocycles. The van der Waals surface area contributed by atoms with Crippen molar-refractivity contribution in [2.24, 2.45) is 0 Å². The fourth-order valence-corrected chi connectivity index (χ4v) is 0.600. The topological polar surface area (TPSA) is 50.2 Å². The highest BCUT2D eigenvalue weighted by molar-refractivity contribution is 5.76. The molecule has 3 nitrogen and oxygen atoms in total. The van der Waals surface area contributed by atoms with Crippen molar-refractivity contribution in [3.63, 3.8) is 0 Å². The molecule has 1 rings (SSSR count). The first kappa shape index (κ1) is 9.78. The first-order valence-corrected chi connectivity index (χ1v) is 3.15. The molecular formula is C8H11NO2. The summed E-state index contributed by atoms with van der Waals surface area (Å²) in [6.45, 7) is 1.88. The fourth-order valence-electron chi connectivity index (χ4n) is 0.600. The highest BCUT2D eigenvalue weighted by Crippen LogP contribution is 1.99. The van der Waals surface area contributed by atoms with Crippen molar-refractivity contribution in [3.8, 4) is 0 Å². The zero-order chi connectivity index (χ0) is 8.69. The van der Waals surface area contributed by atoms with E-state index in [1.54, 1.807) is 12.4 Å². The van der Waals surface area contributed by atoms with Crippen LogP contribution in [0.1, 0.15) is 15.9 Å². The van der Waals surface area contributed by atoms with Crippen molar-refractivity contribution in [2.75, 3.05) is 7.11 Å². The second kappa shape index (κ2) is 5.56. The number of aromatic nitrogens is 1. The molecule has 0 atom stereocenters. The SMILES string of the molecule is CO.Cc1ccncc1C=O. The molecule has 0 saturated heterocycles. The smallest absolute Gasteiger partial charge is 0.151 e. The normalized spacial score (nSPS) is 7.91. The van der Waals surface area contributed by atoms with Gasteiger partial charge in [-0.15, -0.1) is 0 Å². The van der Waals surface area contributed by atoms with Crippen LogP contribution in [0.4, 0.5) is 0 Å². The number of pyridine rings is 1. The Balaban J connectivity index is 0.000000461. The summed E-state index contributed by atoms with van der Waals surface area (Å²) in [5, 5.41) is 7.00. The highest BCUT2D eigenvalue weighted by atomic mass is 16.2. The Morgan fingerprint density at radius 3 is 2.55 bits per heavy atom. The van der Waals surface area contributed by atoms with Crippen LogP contribution in [-0.2, 0) is 0 Å². The zero-order valence-electron chi connectivity index (χ0n) is 6.61. The lowest BCUT2D eigenvalue weighted by atomic mass is 10.2. The van der Waals surface area contributed by atoms with E-state index >= 15 is 0 Å². The van der Waals surface area contributed by atoms with Crippen molar-refractivity contribution in [1.29, 1.82) is 0 Å². The third-order valence-corrected chi connectivity index (χ3v) is 1.21.